The molecule has 4 aromatic rings. The summed E-state index contributed by atoms with van der Waals surface area (Å²) in [5.74, 6) is 1.74. The van der Waals surface area contributed by atoms with Crippen LogP contribution in [0, 0.1) is 0 Å². The molecule has 1 N–H and O–H groups in total. The molecule has 0 spiro atoms. The van der Waals surface area contributed by atoms with Crippen LogP contribution in [0.2, 0.25) is 0 Å². The Bertz CT molecular complexity index is 1120. The molecule has 8 heteroatoms. The van der Waals surface area contributed by atoms with Crippen LogP contribution in [-0.2, 0) is 0 Å². The summed E-state index contributed by atoms with van der Waals surface area (Å²) in [6.07, 6.45) is 0. The number of anilines is 1. The van der Waals surface area contributed by atoms with Crippen LogP contribution in [0.4, 0.5) is 5.13 Å². The molecule has 1 aliphatic heterocycles. The first-order valence-corrected chi connectivity index (χ1v) is 8.61. The maximum atomic E-state index is 12.5. The van der Waals surface area contributed by atoms with Crippen LogP contribution < -0.4 is 19.5 Å². The van der Waals surface area contributed by atoms with Gasteiger partial charge in [-0.2, -0.15) is 0 Å². The van der Waals surface area contributed by atoms with Crippen molar-refractivity contribution in [2.75, 3.05) is 19.2 Å². The Kier molecular flexibility index (Phi) is 3.26. The van der Waals surface area contributed by atoms with Gasteiger partial charge >= 0.3 is 0 Å². The molecule has 0 fully saturated rings. The van der Waals surface area contributed by atoms with E-state index in [2.05, 4.69) is 10.3 Å². The van der Waals surface area contributed by atoms with Crippen molar-refractivity contribution in [3.8, 4) is 17.2 Å². The fourth-order valence-corrected chi connectivity index (χ4v) is 3.71. The van der Waals surface area contributed by atoms with Crippen molar-refractivity contribution < 1.29 is 23.4 Å². The molecule has 0 unspecified atom stereocenters. The number of nitrogens with one attached hydrogen (secondary N) is 1. The lowest BCUT2D eigenvalue weighted by Gasteiger charge is -1.99. The first-order valence-electron chi connectivity index (χ1n) is 7.79. The topological polar surface area (TPSA) is 82.8 Å². The fourth-order valence-electron chi connectivity index (χ4n) is 2.84. The van der Waals surface area contributed by atoms with E-state index in [-0.39, 0.29) is 18.5 Å². The zero-order valence-electron chi connectivity index (χ0n) is 13.6. The minimum atomic E-state index is -0.373. The Balaban J connectivity index is 1.46. The lowest BCUT2D eigenvalue weighted by atomic mass is 10.2. The first kappa shape index (κ1) is 15.0. The van der Waals surface area contributed by atoms with Gasteiger partial charge in [0.1, 0.15) is 0 Å². The second-order valence-electron chi connectivity index (χ2n) is 5.64. The summed E-state index contributed by atoms with van der Waals surface area (Å²) in [4.78, 5) is 17.0. The minimum absolute atomic E-state index is 0.193. The summed E-state index contributed by atoms with van der Waals surface area (Å²) in [5.41, 5.74) is 1.27. The zero-order valence-corrected chi connectivity index (χ0v) is 14.4. The van der Waals surface area contributed by atoms with E-state index in [1.165, 1.54) is 11.3 Å². The molecule has 5 rings (SSSR count). The van der Waals surface area contributed by atoms with Crippen molar-refractivity contribution in [3.05, 3.63) is 42.2 Å². The molecule has 0 atom stereocenters. The molecular formula is C18H12N2O5S. The second kappa shape index (κ2) is 5.63. The van der Waals surface area contributed by atoms with E-state index in [1.54, 1.807) is 25.3 Å². The highest BCUT2D eigenvalue weighted by Crippen LogP contribution is 2.39. The number of aromatic nitrogens is 1. The Hall–Kier alpha value is -3.26. The van der Waals surface area contributed by atoms with E-state index in [4.69, 9.17) is 18.6 Å². The van der Waals surface area contributed by atoms with Gasteiger partial charge in [0.25, 0.3) is 5.91 Å². The number of ether oxygens (including phenoxy) is 3. The standard InChI is InChI=1S/C18H12N2O5S/c1-22-11-4-2-3-9-5-14(25-16(9)11)17(21)20-18-19-10-6-12-13(24-8-23-12)7-15(10)26-18/h2-7H,8H2,1H3,(H,19,20,21). The van der Waals surface area contributed by atoms with Gasteiger partial charge in [-0.25, -0.2) is 4.98 Å². The lowest BCUT2D eigenvalue weighted by molar-refractivity contribution is 0.0998. The molecule has 1 amide bonds. The maximum absolute atomic E-state index is 12.5. The molecule has 2 aromatic carbocycles. The highest BCUT2D eigenvalue weighted by molar-refractivity contribution is 7.22. The summed E-state index contributed by atoms with van der Waals surface area (Å²) >= 11 is 1.36. The summed E-state index contributed by atoms with van der Waals surface area (Å²) in [7, 11) is 1.56. The van der Waals surface area contributed by atoms with Crippen LogP contribution in [-0.4, -0.2) is 24.8 Å². The number of methoxy groups -OCH3 is 1. The summed E-state index contributed by atoms with van der Waals surface area (Å²) in [6, 6.07) is 10.8. The second-order valence-corrected chi connectivity index (χ2v) is 6.67. The number of benzene rings is 2. The number of rotatable bonds is 3. The summed E-state index contributed by atoms with van der Waals surface area (Å²) < 4.78 is 22.5. The third-order valence-electron chi connectivity index (χ3n) is 4.05. The molecule has 3 heterocycles. The predicted octanol–water partition coefficient (Wildman–Crippen LogP) is 4.03. The highest BCUT2D eigenvalue weighted by atomic mass is 32.1. The predicted molar refractivity (Wildman–Crippen MR) is 96.5 cm³/mol. The molecule has 0 aliphatic carbocycles. The van der Waals surface area contributed by atoms with E-state index in [0.717, 1.165) is 15.6 Å². The molecule has 1 aliphatic rings. The van der Waals surface area contributed by atoms with Crippen LogP contribution >= 0.6 is 11.3 Å². The first-order chi connectivity index (χ1) is 12.7. The van der Waals surface area contributed by atoms with E-state index < -0.39 is 0 Å². The van der Waals surface area contributed by atoms with Crippen molar-refractivity contribution in [2.45, 2.75) is 0 Å². The number of para-hydroxylation sites is 1. The quantitative estimate of drug-likeness (QED) is 0.588. The molecule has 0 bridgehead atoms. The Morgan fingerprint density at radius 1 is 1.23 bits per heavy atom. The number of amides is 1. The SMILES string of the molecule is COc1cccc2cc(C(=O)Nc3nc4cc5c(cc4s3)OCO5)oc12. The van der Waals surface area contributed by atoms with Gasteiger partial charge in [-0.05, 0) is 12.1 Å². The highest BCUT2D eigenvalue weighted by Gasteiger charge is 2.19. The van der Waals surface area contributed by atoms with Crippen molar-refractivity contribution >= 4 is 43.6 Å². The van der Waals surface area contributed by atoms with Crippen LogP contribution in [0.15, 0.2) is 40.8 Å². The molecule has 2 aromatic heterocycles. The maximum Gasteiger partial charge on any atom is 0.293 e. The Morgan fingerprint density at radius 2 is 2.08 bits per heavy atom. The van der Waals surface area contributed by atoms with Crippen molar-refractivity contribution in [1.29, 1.82) is 0 Å². The number of fused-ring (bicyclic) bond motifs is 3. The molecule has 26 heavy (non-hydrogen) atoms. The van der Waals surface area contributed by atoms with Gasteiger partial charge in [0.15, 0.2) is 33.7 Å². The van der Waals surface area contributed by atoms with Crippen molar-refractivity contribution in [3.63, 3.8) is 0 Å². The largest absolute Gasteiger partial charge is 0.493 e. The van der Waals surface area contributed by atoms with E-state index in [1.807, 2.05) is 18.2 Å². The zero-order chi connectivity index (χ0) is 17.7. The molecular weight excluding hydrogens is 356 g/mol. The van der Waals surface area contributed by atoms with Gasteiger partial charge in [0, 0.05) is 17.5 Å². The van der Waals surface area contributed by atoms with Crippen LogP contribution in [0.5, 0.6) is 17.2 Å². The molecule has 0 saturated carbocycles. The number of carbonyl (C=O) groups is 1. The van der Waals surface area contributed by atoms with E-state index in [9.17, 15) is 4.79 Å². The number of thiazole rings is 1. The van der Waals surface area contributed by atoms with Crippen LogP contribution in [0.25, 0.3) is 21.2 Å². The normalized spacial score (nSPS) is 12.7. The number of carbonyl (C=O) groups excluding carboxylic acids is 1. The third kappa shape index (κ3) is 2.34. The Morgan fingerprint density at radius 3 is 2.92 bits per heavy atom. The van der Waals surface area contributed by atoms with Gasteiger partial charge in [0.05, 0.1) is 17.3 Å². The van der Waals surface area contributed by atoms with E-state index in [0.29, 0.717) is 28.0 Å². The average molecular weight is 368 g/mol. The number of hydrogen-bond donors (Lipinski definition) is 1. The minimum Gasteiger partial charge on any atom is -0.493 e. The van der Waals surface area contributed by atoms with Gasteiger partial charge in [0.2, 0.25) is 6.79 Å². The van der Waals surface area contributed by atoms with Crippen molar-refractivity contribution in [1.82, 2.24) is 4.98 Å². The summed E-state index contributed by atoms with van der Waals surface area (Å²) in [5, 5.41) is 4.04. The Labute approximate surface area is 151 Å². The van der Waals surface area contributed by atoms with Gasteiger partial charge < -0.3 is 18.6 Å². The van der Waals surface area contributed by atoms with Crippen molar-refractivity contribution in [2.24, 2.45) is 0 Å². The third-order valence-corrected chi connectivity index (χ3v) is 4.99. The van der Waals surface area contributed by atoms with Gasteiger partial charge in [-0.3, -0.25) is 10.1 Å². The molecule has 130 valence electrons. The van der Waals surface area contributed by atoms with E-state index >= 15 is 0 Å². The molecule has 0 radical (unpaired) electrons. The lowest BCUT2D eigenvalue weighted by Crippen LogP contribution is -2.10. The van der Waals surface area contributed by atoms with Gasteiger partial charge in [-0.1, -0.05) is 23.5 Å². The number of furan rings is 1. The smallest absolute Gasteiger partial charge is 0.293 e. The van der Waals surface area contributed by atoms with Crippen LogP contribution in [0.1, 0.15) is 10.6 Å². The van der Waals surface area contributed by atoms with Gasteiger partial charge in [-0.15, -0.1) is 0 Å². The number of hydrogen-bond acceptors (Lipinski definition) is 7. The summed E-state index contributed by atoms with van der Waals surface area (Å²) in [6.45, 7) is 0.214. The fraction of sp³-hybridized carbons (Fsp3) is 0.111. The number of nitrogens with zero attached hydrogens (tertiary/aromatic N) is 1. The average Bonchev–Trinajstić information content (AvgIpc) is 3.35. The monoisotopic (exact) mass is 368 g/mol. The molecule has 7 nitrogen and oxygen atoms in total. The van der Waals surface area contributed by atoms with Crippen LogP contribution in [0.3, 0.4) is 0 Å². The molecule has 0 saturated heterocycles.